The monoisotopic (exact) mass is 299 g/mol. The van der Waals surface area contributed by atoms with Gasteiger partial charge in [-0.1, -0.05) is 18.2 Å². The van der Waals surface area contributed by atoms with E-state index in [4.69, 9.17) is 0 Å². The molecule has 1 aromatic heterocycles. The van der Waals surface area contributed by atoms with Crippen molar-refractivity contribution < 1.29 is 4.79 Å². The second-order valence-corrected chi connectivity index (χ2v) is 6.53. The summed E-state index contributed by atoms with van der Waals surface area (Å²) in [6, 6.07) is 4.49. The molecule has 1 aliphatic carbocycles. The van der Waals surface area contributed by atoms with Crippen molar-refractivity contribution in [1.29, 1.82) is 0 Å². The summed E-state index contributed by atoms with van der Waals surface area (Å²) >= 11 is 0. The SMILES string of the molecule is CN1CC[C@@H](CNC(=O)CC2C=CCC2)[C@@H]1c1cccnc1. The number of pyridine rings is 1. The Hall–Kier alpha value is -1.68. The summed E-state index contributed by atoms with van der Waals surface area (Å²) in [5.74, 6) is 1.11. The van der Waals surface area contributed by atoms with Crippen LogP contribution in [0.1, 0.15) is 37.3 Å². The highest BCUT2D eigenvalue weighted by Gasteiger charge is 2.33. The minimum atomic E-state index is 0.191. The molecule has 118 valence electrons. The number of carbonyl (C=O) groups is 1. The molecule has 1 N–H and O–H groups in total. The normalized spacial score (nSPS) is 28.1. The first kappa shape index (κ1) is 15.2. The Kier molecular flexibility index (Phi) is 4.88. The lowest BCUT2D eigenvalue weighted by molar-refractivity contribution is -0.121. The van der Waals surface area contributed by atoms with Crippen LogP contribution in [0.5, 0.6) is 0 Å². The Bertz CT molecular complexity index is 528. The molecule has 4 heteroatoms. The lowest BCUT2D eigenvalue weighted by atomic mass is 9.94. The van der Waals surface area contributed by atoms with Crippen LogP contribution in [-0.4, -0.2) is 35.9 Å². The molecule has 1 fully saturated rings. The maximum atomic E-state index is 12.1. The molecule has 2 aliphatic rings. The molecule has 3 rings (SSSR count). The molecule has 4 nitrogen and oxygen atoms in total. The van der Waals surface area contributed by atoms with E-state index in [0.717, 1.165) is 32.4 Å². The number of allylic oxidation sites excluding steroid dienone is 2. The van der Waals surface area contributed by atoms with Gasteiger partial charge < -0.3 is 5.32 Å². The van der Waals surface area contributed by atoms with Crippen molar-refractivity contribution in [3.8, 4) is 0 Å². The van der Waals surface area contributed by atoms with E-state index < -0.39 is 0 Å². The molecule has 22 heavy (non-hydrogen) atoms. The minimum Gasteiger partial charge on any atom is -0.356 e. The molecule has 0 bridgehead atoms. The van der Waals surface area contributed by atoms with Gasteiger partial charge in [-0.05, 0) is 56.3 Å². The van der Waals surface area contributed by atoms with E-state index in [1.54, 1.807) is 0 Å². The fourth-order valence-corrected chi connectivity index (χ4v) is 3.74. The van der Waals surface area contributed by atoms with Crippen molar-refractivity contribution in [1.82, 2.24) is 15.2 Å². The van der Waals surface area contributed by atoms with E-state index in [2.05, 4.69) is 40.5 Å². The Morgan fingerprint density at radius 1 is 1.45 bits per heavy atom. The third-order valence-corrected chi connectivity index (χ3v) is 4.92. The number of amides is 1. The quantitative estimate of drug-likeness (QED) is 0.850. The van der Waals surface area contributed by atoms with E-state index in [-0.39, 0.29) is 5.91 Å². The molecule has 0 aromatic carbocycles. The Morgan fingerprint density at radius 2 is 2.36 bits per heavy atom. The van der Waals surface area contributed by atoms with Crippen LogP contribution in [-0.2, 0) is 4.79 Å². The number of hydrogen-bond acceptors (Lipinski definition) is 3. The van der Waals surface area contributed by atoms with Crippen molar-refractivity contribution in [3.05, 3.63) is 42.2 Å². The van der Waals surface area contributed by atoms with E-state index in [1.165, 1.54) is 5.56 Å². The summed E-state index contributed by atoms with van der Waals surface area (Å²) in [6.45, 7) is 1.84. The van der Waals surface area contributed by atoms with Gasteiger partial charge in [-0.15, -0.1) is 0 Å². The molecular formula is C18H25N3O. The lowest BCUT2D eigenvalue weighted by Crippen LogP contribution is -2.33. The van der Waals surface area contributed by atoms with Gasteiger partial charge in [0.1, 0.15) is 0 Å². The molecule has 0 radical (unpaired) electrons. The molecule has 1 amide bonds. The second-order valence-electron chi connectivity index (χ2n) is 6.53. The van der Waals surface area contributed by atoms with Gasteiger partial charge >= 0.3 is 0 Å². The van der Waals surface area contributed by atoms with E-state index in [9.17, 15) is 4.79 Å². The average Bonchev–Trinajstić information content (AvgIpc) is 3.16. The highest BCUT2D eigenvalue weighted by atomic mass is 16.1. The summed E-state index contributed by atoms with van der Waals surface area (Å²) < 4.78 is 0. The first-order valence-corrected chi connectivity index (χ1v) is 8.27. The van der Waals surface area contributed by atoms with Crippen LogP contribution in [0.15, 0.2) is 36.7 Å². The zero-order valence-corrected chi connectivity index (χ0v) is 13.2. The smallest absolute Gasteiger partial charge is 0.220 e. The van der Waals surface area contributed by atoms with Crippen LogP contribution >= 0.6 is 0 Å². The van der Waals surface area contributed by atoms with E-state index in [0.29, 0.717) is 24.3 Å². The maximum Gasteiger partial charge on any atom is 0.220 e. The summed E-state index contributed by atoms with van der Waals surface area (Å²) in [5, 5.41) is 3.15. The standard InChI is InChI=1S/C18H25N3O/c1-21-10-8-16(18(21)15-7-4-9-19-12-15)13-20-17(22)11-14-5-2-3-6-14/h2,4-5,7,9,12,14,16,18H,3,6,8,10-11,13H2,1H3,(H,20,22)/t14?,16-,18-/m0/s1. The molecule has 2 heterocycles. The number of aromatic nitrogens is 1. The zero-order valence-electron chi connectivity index (χ0n) is 13.2. The lowest BCUT2D eigenvalue weighted by Gasteiger charge is -2.25. The molecular weight excluding hydrogens is 274 g/mol. The minimum absolute atomic E-state index is 0.191. The van der Waals surface area contributed by atoms with Crippen molar-refractivity contribution in [2.75, 3.05) is 20.1 Å². The largest absolute Gasteiger partial charge is 0.356 e. The van der Waals surface area contributed by atoms with Crippen molar-refractivity contribution in [2.45, 2.75) is 31.7 Å². The van der Waals surface area contributed by atoms with Crippen LogP contribution in [0.3, 0.4) is 0 Å². The summed E-state index contributed by atoms with van der Waals surface area (Å²) in [5.41, 5.74) is 1.25. The van der Waals surface area contributed by atoms with Gasteiger partial charge in [-0.3, -0.25) is 14.7 Å². The molecule has 0 spiro atoms. The van der Waals surface area contributed by atoms with Gasteiger partial charge in [0.2, 0.25) is 5.91 Å². The maximum absolute atomic E-state index is 12.1. The fourth-order valence-electron chi connectivity index (χ4n) is 3.74. The molecule has 1 aliphatic heterocycles. The second kappa shape index (κ2) is 7.05. The van der Waals surface area contributed by atoms with Crippen LogP contribution < -0.4 is 5.32 Å². The Morgan fingerprint density at radius 3 is 3.09 bits per heavy atom. The van der Waals surface area contributed by atoms with Gasteiger partial charge in [0.15, 0.2) is 0 Å². The molecule has 3 atom stereocenters. The van der Waals surface area contributed by atoms with E-state index in [1.807, 2.05) is 18.5 Å². The van der Waals surface area contributed by atoms with Gasteiger partial charge in [0, 0.05) is 31.4 Å². The fraction of sp³-hybridized carbons (Fsp3) is 0.556. The number of hydrogen-bond donors (Lipinski definition) is 1. The Labute approximate surface area is 132 Å². The Balaban J connectivity index is 1.54. The molecule has 1 unspecified atom stereocenters. The number of likely N-dealkylation sites (tertiary alicyclic amines) is 1. The van der Waals surface area contributed by atoms with E-state index >= 15 is 0 Å². The van der Waals surface area contributed by atoms with Crippen molar-refractivity contribution in [2.24, 2.45) is 11.8 Å². The molecule has 1 aromatic rings. The zero-order chi connectivity index (χ0) is 15.4. The predicted octanol–water partition coefficient (Wildman–Crippen LogP) is 2.55. The number of rotatable bonds is 5. The summed E-state index contributed by atoms with van der Waals surface area (Å²) in [7, 11) is 2.16. The predicted molar refractivity (Wildman–Crippen MR) is 87.2 cm³/mol. The third kappa shape index (κ3) is 3.55. The van der Waals surface area contributed by atoms with Crippen molar-refractivity contribution >= 4 is 5.91 Å². The number of nitrogens with zero attached hydrogens (tertiary/aromatic N) is 2. The van der Waals surface area contributed by atoms with Crippen LogP contribution in [0.25, 0.3) is 0 Å². The molecule has 1 saturated heterocycles. The van der Waals surface area contributed by atoms with Gasteiger partial charge in [-0.25, -0.2) is 0 Å². The average molecular weight is 299 g/mol. The first-order valence-electron chi connectivity index (χ1n) is 8.27. The van der Waals surface area contributed by atoms with Crippen molar-refractivity contribution in [3.63, 3.8) is 0 Å². The highest BCUT2D eigenvalue weighted by Crippen LogP contribution is 2.35. The number of nitrogens with one attached hydrogen (secondary N) is 1. The number of carbonyl (C=O) groups excluding carboxylic acids is 1. The highest BCUT2D eigenvalue weighted by molar-refractivity contribution is 5.76. The summed E-state index contributed by atoms with van der Waals surface area (Å²) in [6.07, 6.45) is 12.1. The van der Waals surface area contributed by atoms with Gasteiger partial charge in [-0.2, -0.15) is 0 Å². The third-order valence-electron chi connectivity index (χ3n) is 4.92. The van der Waals surface area contributed by atoms with Crippen LogP contribution in [0.4, 0.5) is 0 Å². The topological polar surface area (TPSA) is 45.2 Å². The first-order chi connectivity index (χ1) is 10.7. The van der Waals surface area contributed by atoms with Crippen LogP contribution in [0, 0.1) is 11.8 Å². The molecule has 0 saturated carbocycles. The van der Waals surface area contributed by atoms with Gasteiger partial charge in [0.05, 0.1) is 0 Å². The van der Waals surface area contributed by atoms with Gasteiger partial charge in [0.25, 0.3) is 0 Å². The summed E-state index contributed by atoms with van der Waals surface area (Å²) in [4.78, 5) is 18.7. The van der Waals surface area contributed by atoms with Crippen LogP contribution in [0.2, 0.25) is 0 Å².